The highest BCUT2D eigenvalue weighted by molar-refractivity contribution is 7.91. The van der Waals surface area contributed by atoms with Crippen LogP contribution in [0.4, 0.5) is 26.3 Å². The molecule has 2 fully saturated rings. The molecule has 2 saturated heterocycles. The topological polar surface area (TPSA) is 184 Å². The van der Waals surface area contributed by atoms with Gasteiger partial charge in [-0.25, -0.2) is 54.7 Å². The maximum absolute atomic E-state index is 14.7. The number of nitrogens with zero attached hydrogens (tertiary/aromatic N) is 6. The zero-order valence-electron chi connectivity index (χ0n) is 47.8. The molecule has 10 rings (SSSR count). The van der Waals surface area contributed by atoms with Gasteiger partial charge in [0, 0.05) is 103 Å². The van der Waals surface area contributed by atoms with E-state index in [1.54, 1.807) is 56.4 Å². The largest absolute Gasteiger partial charge is 0.381 e. The first-order chi connectivity index (χ1) is 41.8. The number of ether oxygens (including phenoxy) is 4. The first kappa shape index (κ1) is 63.9. The molecule has 458 valence electrons. The van der Waals surface area contributed by atoms with Crippen LogP contribution >= 0.6 is 0 Å². The van der Waals surface area contributed by atoms with Gasteiger partial charge in [-0.2, -0.15) is 0 Å². The van der Waals surface area contributed by atoms with E-state index in [-0.39, 0.29) is 64.8 Å². The van der Waals surface area contributed by atoms with Gasteiger partial charge in [0.2, 0.25) is 20.2 Å². The number of benzene rings is 4. The van der Waals surface area contributed by atoms with E-state index in [1.807, 2.05) is 30.3 Å². The van der Waals surface area contributed by atoms with Crippen molar-refractivity contribution < 1.29 is 57.9 Å². The summed E-state index contributed by atoms with van der Waals surface area (Å²) in [5.74, 6) is -4.61. The van der Waals surface area contributed by atoms with Crippen LogP contribution in [0.1, 0.15) is 84.4 Å². The minimum Gasteiger partial charge on any atom is -0.381 e. The summed E-state index contributed by atoms with van der Waals surface area (Å²) >= 11 is 0. The molecule has 3 unspecified atom stereocenters. The van der Waals surface area contributed by atoms with Crippen LogP contribution in [0, 0.1) is 60.6 Å². The lowest BCUT2D eigenvalue weighted by molar-refractivity contribution is 0.0360. The zero-order valence-corrected chi connectivity index (χ0v) is 49.4. The van der Waals surface area contributed by atoms with Crippen molar-refractivity contribution in [1.82, 2.24) is 29.1 Å². The van der Waals surface area contributed by atoms with E-state index in [9.17, 15) is 48.6 Å². The van der Waals surface area contributed by atoms with Crippen molar-refractivity contribution >= 4 is 20.6 Å². The minimum absolute atomic E-state index is 0.00753. The monoisotopic (exact) mass is 1240 g/mol. The Balaban J connectivity index is 0.000000208. The fourth-order valence-corrected chi connectivity index (χ4v) is 12.4. The molecule has 87 heavy (non-hydrogen) atoms. The average Bonchev–Trinajstić information content (AvgIpc) is 2.23. The van der Waals surface area contributed by atoms with Crippen molar-refractivity contribution in [2.75, 3.05) is 37.9 Å². The Labute approximate surface area is 501 Å². The Bertz CT molecular complexity index is 3930. The maximum atomic E-state index is 14.7. The van der Waals surface area contributed by atoms with Gasteiger partial charge in [0.15, 0.2) is 11.6 Å². The van der Waals surface area contributed by atoms with Crippen molar-refractivity contribution in [3.8, 4) is 22.5 Å². The van der Waals surface area contributed by atoms with Crippen LogP contribution in [0.3, 0.4) is 0 Å². The smallest absolute Gasteiger partial charge is 0.286 e. The van der Waals surface area contributed by atoms with Gasteiger partial charge < -0.3 is 28.1 Å². The number of aryl methyl sites for hydroxylation is 2. The lowest BCUT2D eigenvalue weighted by atomic mass is 10.0. The lowest BCUT2D eigenvalue weighted by Crippen LogP contribution is -2.29. The van der Waals surface area contributed by atoms with Gasteiger partial charge in [0.25, 0.3) is 11.1 Å². The SMILES string of the molecule is Cc1cc(-c2cc(F)c(=O)n(CC3CCOCC3)c2)nc(S(=O)(=O)CCC(OCc2ccc(F)cc2F)c2ccccc2)n1.Cc1cc(-c2cc(F)c(=O)n(CC3CCOCC3)c2)nc(S(=O)CCC(OCc2ccc(F)cc2F)c2ccccc2)n1. The predicted molar refractivity (Wildman–Crippen MR) is 313 cm³/mol. The Morgan fingerprint density at radius 2 is 1.01 bits per heavy atom. The number of rotatable bonds is 22. The molecule has 8 aromatic rings. The van der Waals surface area contributed by atoms with Gasteiger partial charge >= 0.3 is 0 Å². The van der Waals surface area contributed by atoms with E-state index in [2.05, 4.69) is 19.9 Å². The van der Waals surface area contributed by atoms with E-state index >= 15 is 0 Å². The van der Waals surface area contributed by atoms with Crippen molar-refractivity contribution in [3.05, 3.63) is 223 Å². The van der Waals surface area contributed by atoms with Crippen LogP contribution < -0.4 is 11.1 Å². The zero-order chi connectivity index (χ0) is 61.6. The molecule has 2 aliphatic rings. The van der Waals surface area contributed by atoms with Gasteiger partial charge in [0.05, 0.1) is 53.4 Å². The Hall–Kier alpha value is -7.54. The third kappa shape index (κ3) is 17.6. The fourth-order valence-electron chi connectivity index (χ4n) is 10.1. The first-order valence-corrected chi connectivity index (χ1v) is 31.3. The van der Waals surface area contributed by atoms with Gasteiger partial charge in [0.1, 0.15) is 23.3 Å². The second-order valence-electron chi connectivity index (χ2n) is 21.4. The van der Waals surface area contributed by atoms with Gasteiger partial charge in [-0.3, -0.25) is 13.8 Å². The van der Waals surface area contributed by atoms with Crippen LogP contribution in [0.5, 0.6) is 0 Å². The van der Waals surface area contributed by atoms with Crippen LogP contribution in [-0.2, 0) is 65.9 Å². The number of hydrogen-bond acceptors (Lipinski definition) is 13. The van der Waals surface area contributed by atoms with Gasteiger partial charge in [-0.15, -0.1) is 0 Å². The van der Waals surface area contributed by atoms with Crippen molar-refractivity contribution in [2.45, 2.75) is 101 Å². The van der Waals surface area contributed by atoms with E-state index in [4.69, 9.17) is 18.9 Å². The Morgan fingerprint density at radius 1 is 0.563 bits per heavy atom. The van der Waals surface area contributed by atoms with Gasteiger partial charge in [-0.05, 0) is 112 Å². The molecule has 0 radical (unpaired) electrons. The molecule has 0 saturated carbocycles. The van der Waals surface area contributed by atoms with E-state index in [1.165, 1.54) is 39.6 Å². The van der Waals surface area contributed by atoms with Crippen LogP contribution in [0.25, 0.3) is 22.5 Å². The van der Waals surface area contributed by atoms with Crippen LogP contribution in [0.15, 0.2) is 154 Å². The number of hydrogen-bond donors (Lipinski definition) is 0. The Kier molecular flexibility index (Phi) is 22.0. The molecule has 2 aliphatic heterocycles. The number of aromatic nitrogens is 6. The molecule has 0 bridgehead atoms. The molecule has 0 N–H and O–H groups in total. The highest BCUT2D eigenvalue weighted by Crippen LogP contribution is 2.30. The summed E-state index contributed by atoms with van der Waals surface area (Å²) in [6.45, 7) is 6.09. The van der Waals surface area contributed by atoms with E-state index in [0.717, 1.165) is 61.6 Å². The maximum Gasteiger partial charge on any atom is 0.286 e. The highest BCUT2D eigenvalue weighted by Gasteiger charge is 2.26. The summed E-state index contributed by atoms with van der Waals surface area (Å²) in [5, 5.41) is -0.361. The molecule has 4 aromatic carbocycles. The molecule has 0 spiro atoms. The quantitative estimate of drug-likeness (QED) is 0.0462. The second-order valence-corrected chi connectivity index (χ2v) is 24.8. The molecule has 0 amide bonds. The van der Waals surface area contributed by atoms with E-state index in [0.29, 0.717) is 74.1 Å². The normalized spacial score (nSPS) is 15.1. The average molecular weight is 1240 g/mol. The molecule has 6 heterocycles. The second kappa shape index (κ2) is 29.9. The molecule has 4 aromatic heterocycles. The summed E-state index contributed by atoms with van der Waals surface area (Å²) in [4.78, 5) is 42.4. The van der Waals surface area contributed by atoms with Crippen LogP contribution in [-0.4, -0.2) is 79.6 Å². The third-order valence-electron chi connectivity index (χ3n) is 14.9. The summed E-state index contributed by atoms with van der Waals surface area (Å²) in [6, 6.07) is 30.0. The van der Waals surface area contributed by atoms with Crippen molar-refractivity contribution in [1.29, 1.82) is 0 Å². The summed E-state index contributed by atoms with van der Waals surface area (Å²) in [5.41, 5.74) is 2.43. The standard InChI is InChI=1S/C32H32F3N3O5S.C32H32F3N3O4S/c1-21-15-29(25-16-28(35)31(39)38(19-25)18-22-9-12-42-13-10-22)37-32(36-21)44(40,41)14-11-30(23-5-3-2-4-6-23)43-20-24-7-8-26(33)17-27(24)34;1-21-15-29(25-16-28(35)31(39)38(19-25)18-22-9-12-41-13-10-22)37-32(36-21)43(40)14-11-30(23-5-3-2-4-6-23)42-20-24-7-8-26(33)17-27(24)34/h2-8,15-17,19,22,30H,9-14,18,20H2,1H3;2-8,15-17,19,22,30H,9-14,18,20H2,1H3. The molecule has 15 nitrogen and oxygen atoms in total. The highest BCUT2D eigenvalue weighted by atomic mass is 32.2. The van der Waals surface area contributed by atoms with Crippen molar-refractivity contribution in [3.63, 3.8) is 0 Å². The van der Waals surface area contributed by atoms with Crippen molar-refractivity contribution in [2.24, 2.45) is 11.8 Å². The lowest BCUT2D eigenvalue weighted by Gasteiger charge is -2.23. The number of halogens is 6. The molecular formula is C64H64F6N6O9S2. The van der Waals surface area contributed by atoms with Gasteiger partial charge in [-0.1, -0.05) is 72.8 Å². The summed E-state index contributed by atoms with van der Waals surface area (Å²) in [7, 11) is -5.72. The molecule has 0 aliphatic carbocycles. The fraction of sp³-hybridized carbons (Fsp3) is 0.344. The molecule has 23 heteroatoms. The first-order valence-electron chi connectivity index (χ1n) is 28.4. The van der Waals surface area contributed by atoms with E-state index < -0.39 is 89.8 Å². The van der Waals surface area contributed by atoms with Crippen LogP contribution in [0.2, 0.25) is 0 Å². The summed E-state index contributed by atoms with van der Waals surface area (Å²) in [6.07, 6.45) is 5.20. The number of sulfone groups is 1. The molecular weight excluding hydrogens is 1170 g/mol. The summed E-state index contributed by atoms with van der Waals surface area (Å²) < 4.78 is 150. The number of pyridine rings is 2. The Morgan fingerprint density at radius 3 is 1.48 bits per heavy atom. The predicted octanol–water partition coefficient (Wildman–Crippen LogP) is 11.5. The third-order valence-corrected chi connectivity index (χ3v) is 17.6. The molecule has 3 atom stereocenters. The minimum atomic E-state index is -4.07.